The Bertz CT molecular complexity index is 595. The Labute approximate surface area is 122 Å². The molecule has 1 aliphatic heterocycles. The average molecular weight is 291 g/mol. The average Bonchev–Trinajstić information content (AvgIpc) is 2.93. The van der Waals surface area contributed by atoms with Crippen molar-refractivity contribution in [1.82, 2.24) is 0 Å². The molecule has 2 aromatic carbocycles. The van der Waals surface area contributed by atoms with E-state index in [0.29, 0.717) is 5.02 Å². The molecule has 0 saturated heterocycles. The van der Waals surface area contributed by atoms with Gasteiger partial charge in [-0.05, 0) is 41.8 Å². The van der Waals surface area contributed by atoms with Gasteiger partial charge in [-0.25, -0.2) is 0 Å². The summed E-state index contributed by atoms with van der Waals surface area (Å²) in [5.74, 6) is 1.60. The van der Waals surface area contributed by atoms with Crippen molar-refractivity contribution < 1.29 is 14.6 Å². The number of fused-ring (bicyclic) bond motifs is 1. The lowest BCUT2D eigenvalue weighted by Gasteiger charge is -2.15. The Morgan fingerprint density at radius 3 is 2.55 bits per heavy atom. The lowest BCUT2D eigenvalue weighted by atomic mass is 9.92. The second-order valence-corrected chi connectivity index (χ2v) is 5.26. The second kappa shape index (κ2) is 5.73. The third-order valence-electron chi connectivity index (χ3n) is 3.48. The summed E-state index contributed by atoms with van der Waals surface area (Å²) in [7, 11) is 0. The first-order valence-electron chi connectivity index (χ1n) is 6.51. The first-order chi connectivity index (χ1) is 9.76. The molecule has 2 aromatic rings. The van der Waals surface area contributed by atoms with E-state index in [1.54, 1.807) is 0 Å². The summed E-state index contributed by atoms with van der Waals surface area (Å²) in [6.07, 6.45) is 0.745. The van der Waals surface area contributed by atoms with Crippen LogP contribution in [-0.2, 0) is 6.42 Å². The number of benzene rings is 2. The quantitative estimate of drug-likeness (QED) is 0.938. The molecule has 3 rings (SSSR count). The standard InChI is InChI=1S/C16H15ClO3/c17-14-4-2-12(3-5-14)13(9-18)7-11-1-6-15-16(8-11)20-10-19-15/h1-6,8,13,18H,7,9-10H2. The number of aliphatic hydroxyl groups is 1. The molecular formula is C16H15ClO3. The summed E-state index contributed by atoms with van der Waals surface area (Å²) in [4.78, 5) is 0. The lowest BCUT2D eigenvalue weighted by molar-refractivity contribution is 0.174. The minimum atomic E-state index is 0.0487. The number of aliphatic hydroxyl groups excluding tert-OH is 1. The minimum Gasteiger partial charge on any atom is -0.454 e. The van der Waals surface area contributed by atoms with E-state index in [0.717, 1.165) is 29.0 Å². The topological polar surface area (TPSA) is 38.7 Å². The van der Waals surface area contributed by atoms with E-state index in [-0.39, 0.29) is 19.3 Å². The first kappa shape index (κ1) is 13.3. The lowest BCUT2D eigenvalue weighted by Crippen LogP contribution is -2.07. The fraction of sp³-hybridized carbons (Fsp3) is 0.250. The number of ether oxygens (including phenoxy) is 2. The summed E-state index contributed by atoms with van der Waals surface area (Å²) in [6.45, 7) is 0.371. The molecule has 0 spiro atoms. The summed E-state index contributed by atoms with van der Waals surface area (Å²) in [6, 6.07) is 13.5. The predicted molar refractivity (Wildman–Crippen MR) is 77.5 cm³/mol. The number of hydrogen-bond donors (Lipinski definition) is 1. The third-order valence-corrected chi connectivity index (χ3v) is 3.73. The monoisotopic (exact) mass is 290 g/mol. The highest BCUT2D eigenvalue weighted by atomic mass is 35.5. The van der Waals surface area contributed by atoms with Gasteiger partial charge in [0.25, 0.3) is 0 Å². The van der Waals surface area contributed by atoms with Gasteiger partial charge >= 0.3 is 0 Å². The molecule has 0 aliphatic carbocycles. The Balaban J connectivity index is 1.79. The second-order valence-electron chi connectivity index (χ2n) is 4.82. The highest BCUT2D eigenvalue weighted by Crippen LogP contribution is 2.34. The van der Waals surface area contributed by atoms with Crippen LogP contribution in [0.25, 0.3) is 0 Å². The van der Waals surface area contributed by atoms with Crippen molar-refractivity contribution in [2.45, 2.75) is 12.3 Å². The molecule has 0 aromatic heterocycles. The van der Waals surface area contributed by atoms with Crippen LogP contribution in [0.5, 0.6) is 11.5 Å². The van der Waals surface area contributed by atoms with E-state index >= 15 is 0 Å². The Hall–Kier alpha value is -1.71. The maximum absolute atomic E-state index is 9.61. The molecule has 4 heteroatoms. The van der Waals surface area contributed by atoms with Gasteiger partial charge in [-0.1, -0.05) is 29.8 Å². The molecule has 20 heavy (non-hydrogen) atoms. The molecule has 3 nitrogen and oxygen atoms in total. The van der Waals surface area contributed by atoms with Crippen molar-refractivity contribution in [3.05, 3.63) is 58.6 Å². The Morgan fingerprint density at radius 1 is 1.05 bits per heavy atom. The van der Waals surface area contributed by atoms with Gasteiger partial charge in [0.05, 0.1) is 6.61 Å². The normalized spacial score (nSPS) is 14.3. The number of halogens is 1. The van der Waals surface area contributed by atoms with Crippen molar-refractivity contribution >= 4 is 11.6 Å². The van der Waals surface area contributed by atoms with Crippen LogP contribution in [0, 0.1) is 0 Å². The Kier molecular flexibility index (Phi) is 3.81. The van der Waals surface area contributed by atoms with Gasteiger partial charge in [-0.15, -0.1) is 0 Å². The largest absolute Gasteiger partial charge is 0.454 e. The van der Waals surface area contributed by atoms with Crippen molar-refractivity contribution in [3.8, 4) is 11.5 Å². The van der Waals surface area contributed by atoms with E-state index in [9.17, 15) is 5.11 Å². The minimum absolute atomic E-state index is 0.0487. The fourth-order valence-corrected chi connectivity index (χ4v) is 2.50. The zero-order chi connectivity index (χ0) is 13.9. The molecule has 0 fully saturated rings. The zero-order valence-electron chi connectivity index (χ0n) is 10.9. The molecule has 1 heterocycles. The van der Waals surface area contributed by atoms with Gasteiger partial charge in [0, 0.05) is 10.9 Å². The fourth-order valence-electron chi connectivity index (χ4n) is 2.38. The SMILES string of the molecule is OCC(Cc1ccc2c(c1)OCO2)c1ccc(Cl)cc1. The van der Waals surface area contributed by atoms with Gasteiger partial charge in [-0.3, -0.25) is 0 Å². The van der Waals surface area contributed by atoms with Crippen LogP contribution < -0.4 is 9.47 Å². The van der Waals surface area contributed by atoms with Crippen LogP contribution in [0.4, 0.5) is 0 Å². The van der Waals surface area contributed by atoms with Crippen LogP contribution in [0.1, 0.15) is 17.0 Å². The van der Waals surface area contributed by atoms with Crippen molar-refractivity contribution in [3.63, 3.8) is 0 Å². The van der Waals surface area contributed by atoms with Crippen LogP contribution in [0.2, 0.25) is 5.02 Å². The summed E-state index contributed by atoms with van der Waals surface area (Å²) >= 11 is 5.89. The summed E-state index contributed by atoms with van der Waals surface area (Å²) in [5, 5.41) is 10.3. The number of hydrogen-bond acceptors (Lipinski definition) is 3. The maximum Gasteiger partial charge on any atom is 0.231 e. The van der Waals surface area contributed by atoms with E-state index in [4.69, 9.17) is 21.1 Å². The van der Waals surface area contributed by atoms with Gasteiger partial charge < -0.3 is 14.6 Å². The van der Waals surface area contributed by atoms with Gasteiger partial charge in [0.1, 0.15) is 0 Å². The van der Waals surface area contributed by atoms with Crippen LogP contribution >= 0.6 is 11.6 Å². The Morgan fingerprint density at radius 2 is 1.80 bits per heavy atom. The molecule has 1 N–H and O–H groups in total. The molecule has 0 radical (unpaired) electrons. The number of rotatable bonds is 4. The van der Waals surface area contributed by atoms with E-state index < -0.39 is 0 Å². The van der Waals surface area contributed by atoms with E-state index in [1.807, 2.05) is 42.5 Å². The van der Waals surface area contributed by atoms with Crippen molar-refractivity contribution in [2.75, 3.05) is 13.4 Å². The molecule has 0 amide bonds. The molecule has 0 saturated carbocycles. The van der Waals surface area contributed by atoms with Gasteiger partial charge in [0.2, 0.25) is 6.79 Å². The summed E-state index contributed by atoms with van der Waals surface area (Å²) < 4.78 is 10.7. The summed E-state index contributed by atoms with van der Waals surface area (Å²) in [5.41, 5.74) is 2.19. The molecule has 104 valence electrons. The smallest absolute Gasteiger partial charge is 0.231 e. The van der Waals surface area contributed by atoms with Crippen LogP contribution in [0.15, 0.2) is 42.5 Å². The molecule has 0 bridgehead atoms. The molecule has 1 unspecified atom stereocenters. The highest BCUT2D eigenvalue weighted by molar-refractivity contribution is 6.30. The predicted octanol–water partition coefficient (Wildman–Crippen LogP) is 3.39. The van der Waals surface area contributed by atoms with E-state index in [1.165, 1.54) is 0 Å². The van der Waals surface area contributed by atoms with Gasteiger partial charge in [-0.2, -0.15) is 0 Å². The molecule has 1 aliphatic rings. The van der Waals surface area contributed by atoms with Crippen molar-refractivity contribution in [1.29, 1.82) is 0 Å². The highest BCUT2D eigenvalue weighted by Gasteiger charge is 2.16. The van der Waals surface area contributed by atoms with Gasteiger partial charge in [0.15, 0.2) is 11.5 Å². The van der Waals surface area contributed by atoms with Crippen LogP contribution in [-0.4, -0.2) is 18.5 Å². The molecule has 1 atom stereocenters. The first-order valence-corrected chi connectivity index (χ1v) is 6.89. The third kappa shape index (κ3) is 2.74. The van der Waals surface area contributed by atoms with E-state index in [2.05, 4.69) is 0 Å². The van der Waals surface area contributed by atoms with Crippen LogP contribution in [0.3, 0.4) is 0 Å². The molecular weight excluding hydrogens is 276 g/mol. The zero-order valence-corrected chi connectivity index (χ0v) is 11.6. The van der Waals surface area contributed by atoms with Crippen molar-refractivity contribution in [2.24, 2.45) is 0 Å². The maximum atomic E-state index is 9.61.